The molecule has 1 N–H and O–H groups in total. The summed E-state index contributed by atoms with van der Waals surface area (Å²) in [5.74, 6) is -0.850. The number of benzene rings is 1. The third kappa shape index (κ3) is 4.33. The molecule has 0 heterocycles. The fourth-order valence-corrected chi connectivity index (χ4v) is 1.93. The fourth-order valence-electron chi connectivity index (χ4n) is 1.93. The lowest BCUT2D eigenvalue weighted by molar-refractivity contribution is -0.136. The standard InChI is InChI=1S/C15H21FN2O2/c1-10(2)14(17-11(3)19)15(20)18(4)9-12-7-5-6-8-13(12)16/h5-8,10,14H,9H2,1-4H3,(H,17,19)/t14-/m1/s1. The molecule has 0 aliphatic carbocycles. The van der Waals surface area contributed by atoms with Crippen molar-refractivity contribution >= 4 is 11.8 Å². The van der Waals surface area contributed by atoms with Crippen LogP contribution in [0.1, 0.15) is 26.3 Å². The maximum atomic E-state index is 13.6. The van der Waals surface area contributed by atoms with Gasteiger partial charge >= 0.3 is 0 Å². The van der Waals surface area contributed by atoms with E-state index in [2.05, 4.69) is 5.32 Å². The molecule has 0 radical (unpaired) electrons. The van der Waals surface area contributed by atoms with Crippen LogP contribution in [-0.4, -0.2) is 29.8 Å². The maximum absolute atomic E-state index is 13.6. The number of carbonyl (C=O) groups is 2. The van der Waals surface area contributed by atoms with Crippen molar-refractivity contribution in [3.8, 4) is 0 Å². The summed E-state index contributed by atoms with van der Waals surface area (Å²) in [4.78, 5) is 24.9. The van der Waals surface area contributed by atoms with E-state index >= 15 is 0 Å². The van der Waals surface area contributed by atoms with E-state index in [1.807, 2.05) is 13.8 Å². The Morgan fingerprint density at radius 2 is 1.90 bits per heavy atom. The predicted molar refractivity (Wildman–Crippen MR) is 75.3 cm³/mol. The molecule has 20 heavy (non-hydrogen) atoms. The van der Waals surface area contributed by atoms with Crippen LogP contribution in [0, 0.1) is 11.7 Å². The Kier molecular flexibility index (Phi) is 5.67. The molecule has 0 spiro atoms. The van der Waals surface area contributed by atoms with E-state index in [9.17, 15) is 14.0 Å². The minimum Gasteiger partial charge on any atom is -0.344 e. The highest BCUT2D eigenvalue weighted by Crippen LogP contribution is 2.12. The zero-order chi connectivity index (χ0) is 15.3. The Hall–Kier alpha value is -1.91. The van der Waals surface area contributed by atoms with Crippen molar-refractivity contribution in [3.05, 3.63) is 35.6 Å². The molecule has 4 nitrogen and oxygen atoms in total. The SMILES string of the molecule is CC(=O)N[C@@H](C(=O)N(C)Cc1ccccc1F)C(C)C. The summed E-state index contributed by atoms with van der Waals surface area (Å²) in [6, 6.07) is 5.74. The van der Waals surface area contributed by atoms with Crippen LogP contribution in [0.15, 0.2) is 24.3 Å². The van der Waals surface area contributed by atoms with Crippen molar-refractivity contribution < 1.29 is 14.0 Å². The van der Waals surface area contributed by atoms with Gasteiger partial charge in [-0.05, 0) is 12.0 Å². The van der Waals surface area contributed by atoms with Gasteiger partial charge in [-0.1, -0.05) is 32.0 Å². The Bertz CT molecular complexity index is 489. The van der Waals surface area contributed by atoms with Gasteiger partial charge in [0.1, 0.15) is 11.9 Å². The molecule has 0 saturated carbocycles. The molecule has 0 aliphatic rings. The first-order valence-electron chi connectivity index (χ1n) is 6.58. The van der Waals surface area contributed by atoms with Crippen LogP contribution in [0.3, 0.4) is 0 Å². The molecule has 1 atom stereocenters. The Morgan fingerprint density at radius 3 is 2.40 bits per heavy atom. The zero-order valence-corrected chi connectivity index (χ0v) is 12.3. The van der Waals surface area contributed by atoms with Crippen LogP contribution in [0.4, 0.5) is 4.39 Å². The first kappa shape index (κ1) is 16.1. The van der Waals surface area contributed by atoms with E-state index in [4.69, 9.17) is 0 Å². The second-order valence-corrected chi connectivity index (χ2v) is 5.21. The maximum Gasteiger partial charge on any atom is 0.245 e. The van der Waals surface area contributed by atoms with Gasteiger partial charge in [-0.3, -0.25) is 9.59 Å². The molecular weight excluding hydrogens is 259 g/mol. The first-order chi connectivity index (χ1) is 9.32. The van der Waals surface area contributed by atoms with Crippen molar-refractivity contribution in [1.82, 2.24) is 10.2 Å². The van der Waals surface area contributed by atoms with Gasteiger partial charge in [0.2, 0.25) is 11.8 Å². The van der Waals surface area contributed by atoms with Gasteiger partial charge in [0, 0.05) is 26.1 Å². The number of likely N-dealkylation sites (N-methyl/N-ethyl adjacent to an activating group) is 1. The molecule has 0 aromatic heterocycles. The fraction of sp³-hybridized carbons (Fsp3) is 0.467. The number of nitrogens with zero attached hydrogens (tertiary/aromatic N) is 1. The molecule has 0 unspecified atom stereocenters. The monoisotopic (exact) mass is 280 g/mol. The van der Waals surface area contributed by atoms with Gasteiger partial charge in [0.25, 0.3) is 0 Å². The van der Waals surface area contributed by atoms with E-state index in [0.717, 1.165) is 0 Å². The lowest BCUT2D eigenvalue weighted by Gasteiger charge is -2.26. The minimum absolute atomic E-state index is 0.0329. The van der Waals surface area contributed by atoms with Gasteiger partial charge in [0.05, 0.1) is 0 Å². The molecule has 0 bridgehead atoms. The van der Waals surface area contributed by atoms with Crippen LogP contribution < -0.4 is 5.32 Å². The van der Waals surface area contributed by atoms with Crippen LogP contribution >= 0.6 is 0 Å². The molecule has 1 rings (SSSR count). The first-order valence-corrected chi connectivity index (χ1v) is 6.58. The molecule has 0 fully saturated rings. The summed E-state index contributed by atoms with van der Waals surface area (Å²) in [7, 11) is 1.60. The average Bonchev–Trinajstić information content (AvgIpc) is 2.37. The second kappa shape index (κ2) is 7.03. The lowest BCUT2D eigenvalue weighted by atomic mass is 10.0. The van der Waals surface area contributed by atoms with E-state index in [1.54, 1.807) is 25.2 Å². The van der Waals surface area contributed by atoms with Crippen LogP contribution in [0.5, 0.6) is 0 Å². The van der Waals surface area contributed by atoms with E-state index < -0.39 is 6.04 Å². The molecule has 1 aromatic carbocycles. The topological polar surface area (TPSA) is 49.4 Å². The molecular formula is C15H21FN2O2. The van der Waals surface area contributed by atoms with E-state index in [-0.39, 0.29) is 30.1 Å². The quantitative estimate of drug-likeness (QED) is 0.896. The number of nitrogens with one attached hydrogen (secondary N) is 1. The van der Waals surface area contributed by atoms with E-state index in [0.29, 0.717) is 5.56 Å². The van der Waals surface area contributed by atoms with Crippen molar-refractivity contribution in [2.75, 3.05) is 7.05 Å². The number of amides is 2. The highest BCUT2D eigenvalue weighted by Gasteiger charge is 2.26. The summed E-state index contributed by atoms with van der Waals surface area (Å²) >= 11 is 0. The Morgan fingerprint density at radius 1 is 1.30 bits per heavy atom. The Balaban J connectivity index is 2.79. The number of hydrogen-bond acceptors (Lipinski definition) is 2. The summed E-state index contributed by atoms with van der Waals surface area (Å²) in [5.41, 5.74) is 0.452. The van der Waals surface area contributed by atoms with E-state index in [1.165, 1.54) is 17.9 Å². The third-order valence-electron chi connectivity index (χ3n) is 3.03. The molecule has 110 valence electrons. The van der Waals surface area contributed by atoms with Crippen molar-refractivity contribution in [3.63, 3.8) is 0 Å². The number of hydrogen-bond donors (Lipinski definition) is 1. The van der Waals surface area contributed by atoms with Crippen molar-refractivity contribution in [2.45, 2.75) is 33.4 Å². The predicted octanol–water partition coefficient (Wildman–Crippen LogP) is 1.94. The average molecular weight is 280 g/mol. The van der Waals surface area contributed by atoms with Crippen LogP contribution in [0.2, 0.25) is 0 Å². The number of rotatable bonds is 5. The molecule has 2 amide bonds. The molecule has 0 saturated heterocycles. The summed E-state index contributed by atoms with van der Waals surface area (Å²) in [6.45, 7) is 5.26. The van der Waals surface area contributed by atoms with Gasteiger partial charge in [-0.2, -0.15) is 0 Å². The highest BCUT2D eigenvalue weighted by molar-refractivity contribution is 5.86. The van der Waals surface area contributed by atoms with Gasteiger partial charge in [0.15, 0.2) is 0 Å². The summed E-state index contributed by atoms with van der Waals surface area (Å²) in [6.07, 6.45) is 0. The van der Waals surface area contributed by atoms with Crippen LogP contribution in [0.25, 0.3) is 0 Å². The summed E-state index contributed by atoms with van der Waals surface area (Å²) in [5, 5.41) is 2.64. The Labute approximate surface area is 119 Å². The second-order valence-electron chi connectivity index (χ2n) is 5.21. The number of carbonyl (C=O) groups excluding carboxylic acids is 2. The minimum atomic E-state index is -0.593. The van der Waals surface area contributed by atoms with Crippen molar-refractivity contribution in [2.24, 2.45) is 5.92 Å². The molecule has 0 aliphatic heterocycles. The molecule has 5 heteroatoms. The molecule has 1 aromatic rings. The van der Waals surface area contributed by atoms with Gasteiger partial charge in [-0.25, -0.2) is 4.39 Å². The highest BCUT2D eigenvalue weighted by atomic mass is 19.1. The smallest absolute Gasteiger partial charge is 0.245 e. The lowest BCUT2D eigenvalue weighted by Crippen LogP contribution is -2.49. The largest absolute Gasteiger partial charge is 0.344 e. The van der Waals surface area contributed by atoms with Crippen molar-refractivity contribution in [1.29, 1.82) is 0 Å². The summed E-state index contributed by atoms with van der Waals surface area (Å²) < 4.78 is 13.6. The van der Waals surface area contributed by atoms with Crippen LogP contribution in [-0.2, 0) is 16.1 Å². The third-order valence-corrected chi connectivity index (χ3v) is 3.03. The van der Waals surface area contributed by atoms with Gasteiger partial charge in [-0.15, -0.1) is 0 Å². The van der Waals surface area contributed by atoms with Gasteiger partial charge < -0.3 is 10.2 Å². The zero-order valence-electron chi connectivity index (χ0n) is 12.3. The normalized spacial score (nSPS) is 12.1. The number of halogens is 1.